The van der Waals surface area contributed by atoms with Crippen LogP contribution in [0.15, 0.2) is 70.8 Å². The van der Waals surface area contributed by atoms with Crippen LogP contribution in [0.4, 0.5) is 0 Å². The molecular formula is C34H42Cl2Zr. The molecule has 0 saturated carbocycles. The zero-order valence-electron chi connectivity index (χ0n) is 24.3. The fourth-order valence-corrected chi connectivity index (χ4v) is 4.24. The van der Waals surface area contributed by atoms with Gasteiger partial charge in [-0.3, -0.25) is 0 Å². The molecule has 2 aliphatic carbocycles. The Morgan fingerprint density at radius 2 is 0.784 bits per heavy atom. The molecule has 2 aromatic rings. The minimum Gasteiger partial charge on any atom is -1.00 e. The normalized spacial score (nSPS) is 15.1. The number of hydrogen-bond donors (Lipinski definition) is 0. The van der Waals surface area contributed by atoms with Crippen LogP contribution < -0.4 is 24.8 Å². The Hall–Kier alpha value is -1.14. The molecule has 3 heteroatoms. The summed E-state index contributed by atoms with van der Waals surface area (Å²) in [5, 5.41) is 0. The van der Waals surface area contributed by atoms with Crippen molar-refractivity contribution >= 4 is 11.1 Å². The molecule has 2 aliphatic rings. The molecule has 0 heterocycles. The van der Waals surface area contributed by atoms with E-state index < -0.39 is 0 Å². The van der Waals surface area contributed by atoms with Crippen LogP contribution in [-0.2, 0) is 37.0 Å². The van der Waals surface area contributed by atoms with Gasteiger partial charge < -0.3 is 24.8 Å². The van der Waals surface area contributed by atoms with Crippen molar-refractivity contribution in [3.8, 4) is 0 Å². The molecule has 0 aliphatic heterocycles. The summed E-state index contributed by atoms with van der Waals surface area (Å²) in [5.74, 6) is 0. The summed E-state index contributed by atoms with van der Waals surface area (Å²) in [6.45, 7) is 22.2. The summed E-state index contributed by atoms with van der Waals surface area (Å²) in [6, 6.07) is 17.9. The van der Waals surface area contributed by atoms with Gasteiger partial charge in [0, 0.05) is 0 Å². The topological polar surface area (TPSA) is 0 Å². The van der Waals surface area contributed by atoms with Crippen molar-refractivity contribution in [1.29, 1.82) is 0 Å². The molecule has 0 atom stereocenters. The van der Waals surface area contributed by atoms with Crippen LogP contribution in [0, 0.1) is 12.2 Å². The van der Waals surface area contributed by atoms with Crippen LogP contribution in [0.5, 0.6) is 0 Å². The minimum absolute atomic E-state index is 0. The van der Waals surface area contributed by atoms with Gasteiger partial charge in [0.05, 0.1) is 0 Å². The number of halogens is 2. The van der Waals surface area contributed by atoms with Crippen LogP contribution in [0.2, 0.25) is 0 Å². The van der Waals surface area contributed by atoms with Crippen LogP contribution in [0.25, 0.3) is 11.1 Å². The summed E-state index contributed by atoms with van der Waals surface area (Å²) < 4.78 is 0. The second-order valence-corrected chi connectivity index (χ2v) is 12.0. The van der Waals surface area contributed by atoms with E-state index in [9.17, 15) is 0 Å². The van der Waals surface area contributed by atoms with E-state index in [0.717, 1.165) is 12.8 Å². The molecule has 4 rings (SSSR count). The summed E-state index contributed by atoms with van der Waals surface area (Å²) >= 11 is 0. The third kappa shape index (κ3) is 9.53. The van der Waals surface area contributed by atoms with Gasteiger partial charge in [0.2, 0.25) is 0 Å². The van der Waals surface area contributed by atoms with E-state index in [-0.39, 0.29) is 61.8 Å². The molecule has 0 N–H and O–H groups in total. The molecule has 0 aromatic heterocycles. The summed E-state index contributed by atoms with van der Waals surface area (Å²) in [5.41, 5.74) is 14.0. The number of allylic oxidation sites excluding steroid dienone is 8. The molecule has 2 aromatic carbocycles. The second kappa shape index (κ2) is 14.3. The van der Waals surface area contributed by atoms with Crippen molar-refractivity contribution in [3.05, 3.63) is 105 Å². The Morgan fingerprint density at radius 1 is 0.514 bits per heavy atom. The Balaban J connectivity index is 0.000000648. The van der Waals surface area contributed by atoms with Crippen LogP contribution in [0.1, 0.15) is 104 Å². The second-order valence-electron chi connectivity index (χ2n) is 12.0. The third-order valence-corrected chi connectivity index (χ3v) is 7.04. The van der Waals surface area contributed by atoms with E-state index in [2.05, 4.69) is 130 Å². The maximum atomic E-state index is 3.47. The zero-order valence-corrected chi connectivity index (χ0v) is 28.3. The van der Waals surface area contributed by atoms with Gasteiger partial charge in [-0.15, -0.1) is 35.4 Å². The molecule has 0 saturated heterocycles. The van der Waals surface area contributed by atoms with Gasteiger partial charge in [0.1, 0.15) is 0 Å². The average Bonchev–Trinajstić information content (AvgIpc) is 3.28. The quantitative estimate of drug-likeness (QED) is 0.453. The molecule has 0 spiro atoms. The first kappa shape index (κ1) is 35.9. The minimum atomic E-state index is 0. The van der Waals surface area contributed by atoms with E-state index >= 15 is 0 Å². The first-order valence-electron chi connectivity index (χ1n) is 12.6. The monoisotopic (exact) mass is 610 g/mol. The van der Waals surface area contributed by atoms with Crippen molar-refractivity contribution in [2.75, 3.05) is 0 Å². The van der Waals surface area contributed by atoms with E-state index in [0.29, 0.717) is 0 Å². The number of benzene rings is 2. The van der Waals surface area contributed by atoms with Crippen molar-refractivity contribution in [2.24, 2.45) is 0 Å². The molecule has 0 radical (unpaired) electrons. The Kier molecular flexibility index (Phi) is 13.9. The SMILES string of the molecule is CC1=C(C)CC(c2ccc(C(C)(C)C)cc2)=[C-]1.CC1=C(C)CC(c2ccc(C(C)(C)C)cc2)=[C-]1.[Cl-].[Cl-].[Zr+4]. The van der Waals surface area contributed by atoms with Crippen molar-refractivity contribution < 1.29 is 51.0 Å². The largest absolute Gasteiger partial charge is 4.00 e. The Bertz CT molecular complexity index is 1060. The van der Waals surface area contributed by atoms with Gasteiger partial charge in [0.15, 0.2) is 0 Å². The molecule has 0 amide bonds. The molecule has 37 heavy (non-hydrogen) atoms. The van der Waals surface area contributed by atoms with Gasteiger partial charge in [-0.2, -0.15) is 45.6 Å². The number of hydrogen-bond acceptors (Lipinski definition) is 0. The van der Waals surface area contributed by atoms with E-state index in [1.54, 1.807) is 0 Å². The van der Waals surface area contributed by atoms with Gasteiger partial charge in [-0.25, -0.2) is 0 Å². The smallest absolute Gasteiger partial charge is 1.00 e. The van der Waals surface area contributed by atoms with E-state index in [1.165, 1.54) is 55.7 Å². The Morgan fingerprint density at radius 3 is 0.973 bits per heavy atom. The summed E-state index contributed by atoms with van der Waals surface area (Å²) in [4.78, 5) is 0. The molecule has 0 bridgehead atoms. The molecule has 0 fully saturated rings. The first-order chi connectivity index (χ1) is 15.8. The van der Waals surface area contributed by atoms with Gasteiger partial charge >= 0.3 is 26.2 Å². The standard InChI is InChI=1S/2C17H21.2ClH.Zr/c2*1-12-10-15(11-13(12)2)14-6-8-16(9-7-14)17(3,4)5;;;/h2*6-9H,10H2,1-5H3;2*1H;/q2*-1;;;+4/p-2. The average molecular weight is 613 g/mol. The van der Waals surface area contributed by atoms with Crippen LogP contribution in [-0.4, -0.2) is 0 Å². The van der Waals surface area contributed by atoms with Gasteiger partial charge in [-0.05, 0) is 22.0 Å². The van der Waals surface area contributed by atoms with E-state index in [4.69, 9.17) is 0 Å². The van der Waals surface area contributed by atoms with Crippen molar-refractivity contribution in [2.45, 2.75) is 92.9 Å². The Labute approximate surface area is 258 Å². The van der Waals surface area contributed by atoms with Crippen molar-refractivity contribution in [3.63, 3.8) is 0 Å². The first-order valence-corrected chi connectivity index (χ1v) is 12.6. The number of rotatable bonds is 2. The fourth-order valence-electron chi connectivity index (χ4n) is 4.24. The summed E-state index contributed by atoms with van der Waals surface area (Å²) in [7, 11) is 0. The van der Waals surface area contributed by atoms with Gasteiger partial charge in [-0.1, -0.05) is 106 Å². The van der Waals surface area contributed by atoms with Crippen molar-refractivity contribution in [1.82, 2.24) is 0 Å². The molecule has 0 nitrogen and oxygen atoms in total. The van der Waals surface area contributed by atoms with Crippen LogP contribution in [0.3, 0.4) is 0 Å². The predicted octanol–water partition coefficient (Wildman–Crippen LogP) is 3.83. The molecule has 0 unspecified atom stereocenters. The fraction of sp³-hybridized carbons (Fsp3) is 0.412. The van der Waals surface area contributed by atoms with Gasteiger partial charge in [0.25, 0.3) is 0 Å². The zero-order chi connectivity index (χ0) is 25.3. The van der Waals surface area contributed by atoms with Crippen LogP contribution >= 0.6 is 0 Å². The third-order valence-electron chi connectivity index (χ3n) is 7.04. The maximum absolute atomic E-state index is 3.47. The predicted molar refractivity (Wildman–Crippen MR) is 150 cm³/mol. The summed E-state index contributed by atoms with van der Waals surface area (Å²) in [6.07, 6.45) is 9.06. The van der Waals surface area contributed by atoms with E-state index in [1.807, 2.05) is 0 Å². The molecular weight excluding hydrogens is 571 g/mol. The maximum Gasteiger partial charge on any atom is 4.00 e. The molecule has 196 valence electrons.